The van der Waals surface area contributed by atoms with Gasteiger partial charge >= 0.3 is 0 Å². The van der Waals surface area contributed by atoms with Crippen LogP contribution in [0.2, 0.25) is 0 Å². The molecule has 0 spiro atoms. The molecule has 0 saturated heterocycles. The predicted molar refractivity (Wildman–Crippen MR) is 67.3 cm³/mol. The SMILES string of the molecule is C[C@@H]([C@H](C)S(C)(=O)=O)N(C)CCCCCO. The zero-order valence-corrected chi connectivity index (χ0v) is 11.6. The minimum absolute atomic E-state index is 0.0316. The number of aliphatic hydroxyl groups is 1. The van der Waals surface area contributed by atoms with Gasteiger partial charge in [0.25, 0.3) is 0 Å². The second-order valence-electron chi connectivity index (χ2n) is 4.54. The highest BCUT2D eigenvalue weighted by Crippen LogP contribution is 2.11. The zero-order valence-electron chi connectivity index (χ0n) is 10.8. The first kappa shape index (κ1) is 15.9. The van der Waals surface area contributed by atoms with Crippen molar-refractivity contribution in [2.45, 2.75) is 44.4 Å². The van der Waals surface area contributed by atoms with Gasteiger partial charge in [0.1, 0.15) is 0 Å². The van der Waals surface area contributed by atoms with Crippen LogP contribution in [0.5, 0.6) is 0 Å². The minimum Gasteiger partial charge on any atom is -0.396 e. The van der Waals surface area contributed by atoms with Crippen LogP contribution in [-0.2, 0) is 9.84 Å². The smallest absolute Gasteiger partial charge is 0.151 e. The Morgan fingerprint density at radius 3 is 2.19 bits per heavy atom. The van der Waals surface area contributed by atoms with Crippen molar-refractivity contribution in [3.8, 4) is 0 Å². The molecule has 0 aliphatic carbocycles. The quantitative estimate of drug-likeness (QED) is 0.651. The van der Waals surface area contributed by atoms with Gasteiger partial charge in [-0.2, -0.15) is 0 Å². The number of sulfone groups is 1. The molecule has 0 heterocycles. The first-order chi connectivity index (χ1) is 7.30. The second-order valence-corrected chi connectivity index (χ2v) is 6.94. The van der Waals surface area contributed by atoms with E-state index < -0.39 is 9.84 Å². The van der Waals surface area contributed by atoms with E-state index in [4.69, 9.17) is 5.11 Å². The summed E-state index contributed by atoms with van der Waals surface area (Å²) in [4.78, 5) is 2.07. The summed E-state index contributed by atoms with van der Waals surface area (Å²) in [5.74, 6) is 0. The van der Waals surface area contributed by atoms with E-state index in [2.05, 4.69) is 4.90 Å². The molecule has 0 rings (SSSR count). The molecule has 16 heavy (non-hydrogen) atoms. The summed E-state index contributed by atoms with van der Waals surface area (Å²) >= 11 is 0. The maximum absolute atomic E-state index is 11.4. The van der Waals surface area contributed by atoms with Gasteiger partial charge in [0.2, 0.25) is 0 Å². The Kier molecular flexibility index (Phi) is 7.19. The van der Waals surface area contributed by atoms with Crippen LogP contribution >= 0.6 is 0 Å². The molecular formula is C11H25NO3S. The van der Waals surface area contributed by atoms with Crippen molar-refractivity contribution in [3.63, 3.8) is 0 Å². The largest absolute Gasteiger partial charge is 0.396 e. The van der Waals surface area contributed by atoms with E-state index in [1.54, 1.807) is 6.92 Å². The summed E-state index contributed by atoms with van der Waals surface area (Å²) in [6.07, 6.45) is 4.09. The third kappa shape index (κ3) is 5.82. The van der Waals surface area contributed by atoms with Crippen molar-refractivity contribution in [2.75, 3.05) is 26.5 Å². The Labute approximate surface area is 99.6 Å². The first-order valence-corrected chi connectivity index (χ1v) is 7.76. The van der Waals surface area contributed by atoms with E-state index in [0.29, 0.717) is 0 Å². The van der Waals surface area contributed by atoms with Crippen LogP contribution < -0.4 is 0 Å². The van der Waals surface area contributed by atoms with Gasteiger partial charge in [0, 0.05) is 18.9 Å². The molecule has 5 heteroatoms. The van der Waals surface area contributed by atoms with Crippen LogP contribution in [0.4, 0.5) is 0 Å². The molecular weight excluding hydrogens is 226 g/mol. The van der Waals surface area contributed by atoms with Crippen molar-refractivity contribution < 1.29 is 13.5 Å². The molecule has 0 aromatic heterocycles. The predicted octanol–water partition coefficient (Wildman–Crippen LogP) is 0.902. The van der Waals surface area contributed by atoms with Crippen molar-refractivity contribution in [2.24, 2.45) is 0 Å². The lowest BCUT2D eigenvalue weighted by Crippen LogP contribution is -2.41. The highest BCUT2D eigenvalue weighted by atomic mass is 32.2. The van der Waals surface area contributed by atoms with Gasteiger partial charge in [0.15, 0.2) is 9.84 Å². The van der Waals surface area contributed by atoms with Crippen LogP contribution in [0.15, 0.2) is 0 Å². The van der Waals surface area contributed by atoms with Crippen LogP contribution in [0.3, 0.4) is 0 Å². The third-order valence-corrected chi connectivity index (χ3v) is 4.96. The number of hydrogen-bond acceptors (Lipinski definition) is 4. The molecule has 0 bridgehead atoms. The van der Waals surface area contributed by atoms with Crippen molar-refractivity contribution in [1.29, 1.82) is 0 Å². The van der Waals surface area contributed by atoms with E-state index >= 15 is 0 Å². The number of rotatable bonds is 8. The maximum Gasteiger partial charge on any atom is 0.151 e. The maximum atomic E-state index is 11.4. The Hall–Kier alpha value is -0.130. The van der Waals surface area contributed by atoms with E-state index in [-0.39, 0.29) is 17.9 Å². The van der Waals surface area contributed by atoms with Gasteiger partial charge in [-0.25, -0.2) is 8.42 Å². The summed E-state index contributed by atoms with van der Waals surface area (Å²) in [5, 5.41) is 8.31. The lowest BCUT2D eigenvalue weighted by molar-refractivity contribution is 0.239. The molecule has 0 saturated carbocycles. The normalized spacial score (nSPS) is 16.4. The standard InChI is InChI=1S/C11H25NO3S/c1-10(11(2)16(4,14)15)12(3)8-6-5-7-9-13/h10-11,13H,5-9H2,1-4H3/t10-,11-/m0/s1. The molecule has 0 aliphatic heterocycles. The number of aliphatic hydroxyl groups excluding tert-OH is 1. The molecule has 0 amide bonds. The molecule has 0 fully saturated rings. The topological polar surface area (TPSA) is 57.6 Å². The number of unbranched alkanes of at least 4 members (excludes halogenated alkanes) is 2. The number of nitrogens with zero attached hydrogens (tertiary/aromatic N) is 1. The molecule has 0 unspecified atom stereocenters. The molecule has 2 atom stereocenters. The van der Waals surface area contributed by atoms with Crippen LogP contribution in [-0.4, -0.2) is 56.2 Å². The van der Waals surface area contributed by atoms with Gasteiger partial charge < -0.3 is 10.0 Å². The van der Waals surface area contributed by atoms with E-state index in [0.717, 1.165) is 25.8 Å². The highest BCUT2D eigenvalue weighted by Gasteiger charge is 2.24. The van der Waals surface area contributed by atoms with Crippen LogP contribution in [0, 0.1) is 0 Å². The monoisotopic (exact) mass is 251 g/mol. The molecule has 0 aliphatic rings. The van der Waals surface area contributed by atoms with Crippen molar-refractivity contribution in [3.05, 3.63) is 0 Å². The summed E-state index contributed by atoms with van der Waals surface area (Å²) in [6.45, 7) is 4.81. The Bertz CT molecular complexity index is 277. The van der Waals surface area contributed by atoms with Gasteiger partial charge in [-0.1, -0.05) is 0 Å². The van der Waals surface area contributed by atoms with E-state index in [1.807, 2.05) is 14.0 Å². The Balaban J connectivity index is 4.03. The minimum atomic E-state index is -2.96. The fraction of sp³-hybridized carbons (Fsp3) is 1.00. The Morgan fingerprint density at radius 1 is 1.19 bits per heavy atom. The molecule has 0 aromatic rings. The molecule has 0 aromatic carbocycles. The van der Waals surface area contributed by atoms with Gasteiger partial charge in [-0.05, 0) is 46.7 Å². The van der Waals surface area contributed by atoms with E-state index in [1.165, 1.54) is 6.26 Å². The fourth-order valence-corrected chi connectivity index (χ4v) is 2.49. The number of hydrogen-bond donors (Lipinski definition) is 1. The molecule has 4 nitrogen and oxygen atoms in total. The van der Waals surface area contributed by atoms with E-state index in [9.17, 15) is 8.42 Å². The van der Waals surface area contributed by atoms with Gasteiger partial charge in [0.05, 0.1) is 5.25 Å². The summed E-state index contributed by atoms with van der Waals surface area (Å²) in [5.41, 5.74) is 0. The second kappa shape index (κ2) is 7.25. The first-order valence-electron chi connectivity index (χ1n) is 5.80. The zero-order chi connectivity index (χ0) is 12.8. The third-order valence-electron chi connectivity index (χ3n) is 3.22. The molecule has 0 radical (unpaired) electrons. The van der Waals surface area contributed by atoms with Crippen molar-refractivity contribution >= 4 is 9.84 Å². The van der Waals surface area contributed by atoms with Crippen molar-refractivity contribution in [1.82, 2.24) is 4.90 Å². The lowest BCUT2D eigenvalue weighted by Gasteiger charge is -2.28. The summed E-state index contributed by atoms with van der Waals surface area (Å²) in [7, 11) is -1.01. The summed E-state index contributed by atoms with van der Waals surface area (Å²) < 4.78 is 22.8. The van der Waals surface area contributed by atoms with Crippen LogP contribution in [0.1, 0.15) is 33.1 Å². The Morgan fingerprint density at radius 2 is 1.75 bits per heavy atom. The molecule has 98 valence electrons. The van der Waals surface area contributed by atoms with Gasteiger partial charge in [-0.3, -0.25) is 0 Å². The lowest BCUT2D eigenvalue weighted by atomic mass is 10.2. The molecule has 1 N–H and O–H groups in total. The fourth-order valence-electron chi connectivity index (χ4n) is 1.57. The average molecular weight is 251 g/mol. The average Bonchev–Trinajstić information content (AvgIpc) is 2.20. The van der Waals surface area contributed by atoms with Crippen LogP contribution in [0.25, 0.3) is 0 Å². The summed E-state index contributed by atoms with van der Waals surface area (Å²) in [6, 6.07) is 0.0316. The van der Waals surface area contributed by atoms with Gasteiger partial charge in [-0.15, -0.1) is 0 Å². The highest BCUT2D eigenvalue weighted by molar-refractivity contribution is 7.91.